The standard InChI is InChI=1S/C28H35N3O3/c1-34-27(33)25-19-26(32)31(21-22-7-3-2-4-8-22)28(25)13-17-29(18-14-28)20-23-9-11-24(12-10-23)30-15-5-6-16-30/h2-4,7-12,25H,5-6,13-21H2,1H3. The van der Waals surface area contributed by atoms with Crippen LogP contribution in [0.4, 0.5) is 5.69 Å². The molecule has 3 heterocycles. The van der Waals surface area contributed by atoms with Gasteiger partial charge < -0.3 is 14.5 Å². The molecule has 3 aliphatic rings. The van der Waals surface area contributed by atoms with Gasteiger partial charge >= 0.3 is 5.97 Å². The molecule has 1 spiro atoms. The van der Waals surface area contributed by atoms with Crippen molar-refractivity contribution in [1.29, 1.82) is 0 Å². The Bertz CT molecular complexity index is 993. The zero-order valence-electron chi connectivity index (χ0n) is 20.1. The van der Waals surface area contributed by atoms with Gasteiger partial charge in [-0.2, -0.15) is 0 Å². The molecule has 0 aromatic heterocycles. The number of methoxy groups -OCH3 is 1. The summed E-state index contributed by atoms with van der Waals surface area (Å²) in [5, 5.41) is 0. The van der Waals surface area contributed by atoms with Gasteiger partial charge in [0.05, 0.1) is 18.6 Å². The largest absolute Gasteiger partial charge is 0.469 e. The molecule has 0 aliphatic carbocycles. The number of likely N-dealkylation sites (tertiary alicyclic amines) is 2. The molecular weight excluding hydrogens is 426 g/mol. The molecule has 6 nitrogen and oxygen atoms in total. The van der Waals surface area contributed by atoms with Gasteiger partial charge in [-0.25, -0.2) is 0 Å². The van der Waals surface area contributed by atoms with E-state index in [2.05, 4.69) is 34.1 Å². The SMILES string of the molecule is COC(=O)C1CC(=O)N(Cc2ccccc2)C12CCN(Cc1ccc(N3CCCC3)cc1)CC2. The molecule has 0 saturated carbocycles. The van der Waals surface area contributed by atoms with Crippen molar-refractivity contribution < 1.29 is 14.3 Å². The first-order chi connectivity index (χ1) is 16.6. The van der Waals surface area contributed by atoms with E-state index in [0.717, 1.165) is 51.1 Å². The Hall–Kier alpha value is -2.86. The highest BCUT2D eigenvalue weighted by molar-refractivity contribution is 5.89. The van der Waals surface area contributed by atoms with E-state index in [0.29, 0.717) is 6.54 Å². The average Bonchev–Trinajstić information content (AvgIpc) is 3.50. The highest BCUT2D eigenvalue weighted by atomic mass is 16.5. The first kappa shape index (κ1) is 22.9. The fourth-order valence-electron chi connectivity index (χ4n) is 6.13. The summed E-state index contributed by atoms with van der Waals surface area (Å²) in [5.41, 5.74) is 3.27. The third-order valence-corrected chi connectivity index (χ3v) is 8.07. The third-order valence-electron chi connectivity index (χ3n) is 8.07. The summed E-state index contributed by atoms with van der Waals surface area (Å²) in [6, 6.07) is 19.1. The van der Waals surface area contributed by atoms with E-state index in [1.54, 1.807) is 0 Å². The molecule has 3 saturated heterocycles. The van der Waals surface area contributed by atoms with Gasteiger partial charge in [-0.05, 0) is 48.9 Å². The third kappa shape index (κ3) is 4.43. The smallest absolute Gasteiger partial charge is 0.311 e. The summed E-state index contributed by atoms with van der Waals surface area (Å²) in [7, 11) is 1.43. The van der Waals surface area contributed by atoms with Gasteiger partial charge in [0.15, 0.2) is 0 Å². The Morgan fingerprint density at radius 3 is 2.21 bits per heavy atom. The van der Waals surface area contributed by atoms with Crippen molar-refractivity contribution >= 4 is 17.6 Å². The van der Waals surface area contributed by atoms with Gasteiger partial charge in [-0.1, -0.05) is 42.5 Å². The Morgan fingerprint density at radius 1 is 0.912 bits per heavy atom. The lowest BCUT2D eigenvalue weighted by molar-refractivity contribution is -0.150. The lowest BCUT2D eigenvalue weighted by Gasteiger charge is -2.47. The number of anilines is 1. The Labute approximate surface area is 202 Å². The van der Waals surface area contributed by atoms with Crippen molar-refractivity contribution in [3.05, 3.63) is 65.7 Å². The molecule has 34 heavy (non-hydrogen) atoms. The first-order valence-corrected chi connectivity index (χ1v) is 12.6. The van der Waals surface area contributed by atoms with Crippen LogP contribution < -0.4 is 4.90 Å². The summed E-state index contributed by atoms with van der Waals surface area (Å²) in [4.78, 5) is 32.7. The van der Waals surface area contributed by atoms with Crippen LogP contribution in [0, 0.1) is 5.92 Å². The van der Waals surface area contributed by atoms with Crippen LogP contribution in [-0.2, 0) is 27.4 Å². The van der Waals surface area contributed by atoms with E-state index in [4.69, 9.17) is 4.74 Å². The fraction of sp³-hybridized carbons (Fsp3) is 0.500. The number of esters is 1. The van der Waals surface area contributed by atoms with Crippen LogP contribution in [0.15, 0.2) is 54.6 Å². The van der Waals surface area contributed by atoms with Crippen LogP contribution in [0.25, 0.3) is 0 Å². The summed E-state index contributed by atoms with van der Waals surface area (Å²) in [6.07, 6.45) is 4.40. The van der Waals surface area contributed by atoms with Crippen molar-refractivity contribution in [3.63, 3.8) is 0 Å². The first-order valence-electron chi connectivity index (χ1n) is 12.6. The van der Waals surface area contributed by atoms with Gasteiger partial charge in [0.25, 0.3) is 0 Å². The molecule has 1 unspecified atom stereocenters. The number of piperidine rings is 1. The van der Waals surface area contributed by atoms with Crippen molar-refractivity contribution in [2.75, 3.05) is 38.2 Å². The molecule has 3 aliphatic heterocycles. The number of amides is 1. The highest BCUT2D eigenvalue weighted by Crippen LogP contribution is 2.45. The normalized spacial score (nSPS) is 22.5. The molecule has 6 heteroatoms. The number of carbonyl (C=O) groups is 2. The molecule has 180 valence electrons. The van der Waals surface area contributed by atoms with Crippen LogP contribution in [0.5, 0.6) is 0 Å². The van der Waals surface area contributed by atoms with Gasteiger partial charge in [0.1, 0.15) is 0 Å². The Kier molecular flexibility index (Phi) is 6.59. The van der Waals surface area contributed by atoms with E-state index < -0.39 is 11.5 Å². The topological polar surface area (TPSA) is 53.1 Å². The number of carbonyl (C=O) groups excluding carboxylic acids is 2. The minimum atomic E-state index is -0.462. The molecule has 0 N–H and O–H groups in total. The molecule has 5 rings (SSSR count). The molecule has 3 fully saturated rings. The summed E-state index contributed by atoms with van der Waals surface area (Å²) in [6.45, 7) is 5.48. The summed E-state index contributed by atoms with van der Waals surface area (Å²) < 4.78 is 5.15. The van der Waals surface area contributed by atoms with E-state index >= 15 is 0 Å². The monoisotopic (exact) mass is 461 g/mol. The van der Waals surface area contributed by atoms with Gasteiger partial charge in [-0.3, -0.25) is 14.5 Å². The van der Waals surface area contributed by atoms with Crippen molar-refractivity contribution in [3.8, 4) is 0 Å². The zero-order valence-corrected chi connectivity index (χ0v) is 20.1. The second kappa shape index (κ2) is 9.79. The predicted molar refractivity (Wildman–Crippen MR) is 132 cm³/mol. The van der Waals surface area contributed by atoms with E-state index in [9.17, 15) is 9.59 Å². The Balaban J connectivity index is 1.28. The predicted octanol–water partition coefficient (Wildman–Crippen LogP) is 3.84. The lowest BCUT2D eigenvalue weighted by Crippen LogP contribution is -2.57. The van der Waals surface area contributed by atoms with Crippen molar-refractivity contribution in [2.45, 2.75) is 50.7 Å². The second-order valence-electron chi connectivity index (χ2n) is 9.99. The zero-order chi connectivity index (χ0) is 23.5. The van der Waals surface area contributed by atoms with Gasteiger partial charge in [0, 0.05) is 51.4 Å². The van der Waals surface area contributed by atoms with Crippen LogP contribution in [0.2, 0.25) is 0 Å². The molecular formula is C28H35N3O3. The van der Waals surface area contributed by atoms with E-state index in [1.807, 2.05) is 35.2 Å². The van der Waals surface area contributed by atoms with E-state index in [-0.39, 0.29) is 18.3 Å². The molecule has 0 radical (unpaired) electrons. The van der Waals surface area contributed by atoms with Crippen LogP contribution in [0.3, 0.4) is 0 Å². The second-order valence-corrected chi connectivity index (χ2v) is 9.99. The van der Waals surface area contributed by atoms with Gasteiger partial charge in [0.2, 0.25) is 5.91 Å². The maximum Gasteiger partial charge on any atom is 0.311 e. The number of nitrogens with zero attached hydrogens (tertiary/aromatic N) is 3. The number of benzene rings is 2. The maximum atomic E-state index is 13.1. The van der Waals surface area contributed by atoms with Crippen LogP contribution in [0.1, 0.15) is 43.2 Å². The highest BCUT2D eigenvalue weighted by Gasteiger charge is 2.56. The van der Waals surface area contributed by atoms with Crippen LogP contribution in [-0.4, -0.2) is 60.5 Å². The fourth-order valence-corrected chi connectivity index (χ4v) is 6.13. The summed E-state index contributed by atoms with van der Waals surface area (Å²) in [5.74, 6) is -0.587. The average molecular weight is 462 g/mol. The summed E-state index contributed by atoms with van der Waals surface area (Å²) >= 11 is 0. The Morgan fingerprint density at radius 2 is 1.56 bits per heavy atom. The number of hydrogen-bond acceptors (Lipinski definition) is 5. The van der Waals surface area contributed by atoms with Gasteiger partial charge in [-0.15, -0.1) is 0 Å². The van der Waals surface area contributed by atoms with Crippen molar-refractivity contribution in [1.82, 2.24) is 9.80 Å². The minimum Gasteiger partial charge on any atom is -0.469 e. The number of rotatable bonds is 6. The molecule has 0 bridgehead atoms. The molecule has 1 atom stereocenters. The van der Waals surface area contributed by atoms with E-state index in [1.165, 1.54) is 31.2 Å². The molecule has 2 aromatic rings. The van der Waals surface area contributed by atoms with Crippen LogP contribution >= 0.6 is 0 Å². The lowest BCUT2D eigenvalue weighted by atomic mass is 9.76. The molecule has 2 aromatic carbocycles. The number of ether oxygens (including phenoxy) is 1. The maximum absolute atomic E-state index is 13.1. The quantitative estimate of drug-likeness (QED) is 0.612. The number of hydrogen-bond donors (Lipinski definition) is 0. The molecule has 1 amide bonds. The minimum absolute atomic E-state index is 0.0604. The van der Waals surface area contributed by atoms with Crippen molar-refractivity contribution in [2.24, 2.45) is 5.92 Å².